The van der Waals surface area contributed by atoms with Gasteiger partial charge < -0.3 is 12.4 Å². The van der Waals surface area contributed by atoms with Crippen LogP contribution in [0, 0.1) is 35.1 Å². The topological polar surface area (TPSA) is 38.8 Å². The van der Waals surface area contributed by atoms with Crippen molar-refractivity contribution >= 4 is 23.8 Å². The van der Waals surface area contributed by atoms with Gasteiger partial charge in [0.2, 0.25) is 0 Å². The van der Waals surface area contributed by atoms with Gasteiger partial charge in [-0.1, -0.05) is 48.5 Å². The van der Waals surface area contributed by atoms with Crippen molar-refractivity contribution in [1.29, 1.82) is 0 Å². The van der Waals surface area contributed by atoms with E-state index < -0.39 is 0 Å². The second-order valence-electron chi connectivity index (χ2n) is 6.29. The summed E-state index contributed by atoms with van der Waals surface area (Å²) in [5.74, 6) is 0. The van der Waals surface area contributed by atoms with Crippen LogP contribution >= 0.6 is 0 Å². The molecule has 1 heterocycles. The van der Waals surface area contributed by atoms with Gasteiger partial charge in [-0.25, -0.2) is 0 Å². The van der Waals surface area contributed by atoms with Crippen LogP contribution in [0.25, 0.3) is 0 Å². The Bertz CT molecular complexity index is 836. The minimum atomic E-state index is 0. The van der Waals surface area contributed by atoms with Gasteiger partial charge in [-0.2, -0.15) is 0 Å². The smallest absolute Gasteiger partial charge is 0.655 e. The zero-order chi connectivity index (χ0) is 17.8. The van der Waals surface area contributed by atoms with Crippen LogP contribution in [0.3, 0.4) is 0 Å². The molecule has 140 valence electrons. The molecule has 0 fully saturated rings. The van der Waals surface area contributed by atoms with Crippen LogP contribution in [0.1, 0.15) is 33.6 Å². The molecule has 0 unspecified atom stereocenters. The number of rotatable bonds is 4. The molecule has 0 N–H and O–H groups in total. The van der Waals surface area contributed by atoms with Crippen molar-refractivity contribution in [3.63, 3.8) is 0 Å². The number of benzene rings is 2. The molecule has 27 heavy (non-hydrogen) atoms. The Hall–Kier alpha value is -2.42. The molecule has 0 amide bonds. The van der Waals surface area contributed by atoms with Gasteiger partial charge in [0, 0.05) is 12.4 Å². The first kappa shape index (κ1) is 22.6. The van der Waals surface area contributed by atoms with Crippen LogP contribution < -0.4 is 4.98 Å². The Kier molecular flexibility index (Phi) is 8.42. The summed E-state index contributed by atoms with van der Waals surface area (Å²) in [6.45, 7) is 8.28. The van der Waals surface area contributed by atoms with Gasteiger partial charge in [-0.05, 0) is 49.9 Å². The minimum absolute atomic E-state index is 0. The van der Waals surface area contributed by atoms with E-state index in [1.54, 1.807) is 0 Å². The molecule has 3 nitrogen and oxygen atoms in total. The normalized spacial score (nSPS) is 10.8. The van der Waals surface area contributed by atoms with Gasteiger partial charge in [0.1, 0.15) is 0 Å². The number of nitrogens with zero attached hydrogens (tertiary/aromatic N) is 3. The Labute approximate surface area is 173 Å². The Balaban J connectivity index is 0.00000182. The molecule has 3 rings (SSSR count). The van der Waals surface area contributed by atoms with Gasteiger partial charge in [-0.15, -0.1) is 11.4 Å². The number of aromatic nitrogens is 1. The third-order valence-corrected chi connectivity index (χ3v) is 4.21. The molecule has 0 aliphatic carbocycles. The van der Waals surface area contributed by atoms with Crippen LogP contribution in [0.15, 0.2) is 58.5 Å². The average Bonchev–Trinajstić information content (AvgIpc) is 3.02. The second kappa shape index (κ2) is 10.1. The molecule has 0 aliphatic heterocycles. The maximum absolute atomic E-state index is 4.60. The predicted molar refractivity (Wildman–Crippen MR) is 113 cm³/mol. The first-order valence-corrected chi connectivity index (χ1v) is 8.39. The fourth-order valence-corrected chi connectivity index (χ4v) is 2.82. The number of aliphatic imine (C=N–C) groups is 2. The molecule has 1 aromatic heterocycles. The standard InChI is InChI=1S/C22H22N3.CH3.Fe/c1-15-7-5-8-16(2)21(15)23-13-19-11-12-20(25-19)14-24-22-17(3)9-6-10-18(22)4;;/h5-14H,1-4H3;1H3;/q2*-1;+2. The third kappa shape index (κ3) is 5.53. The van der Waals surface area contributed by atoms with Crippen LogP contribution in [0.2, 0.25) is 0 Å². The summed E-state index contributed by atoms with van der Waals surface area (Å²) >= 11 is 0. The van der Waals surface area contributed by atoms with Crippen molar-refractivity contribution in [2.24, 2.45) is 9.98 Å². The predicted octanol–water partition coefficient (Wildman–Crippen LogP) is 5.83. The van der Waals surface area contributed by atoms with Crippen molar-refractivity contribution in [3.05, 3.63) is 89.6 Å². The molecule has 0 bridgehead atoms. The maximum Gasteiger partial charge on any atom is 2.00 e. The summed E-state index contributed by atoms with van der Waals surface area (Å²) in [6.07, 6.45) is 3.62. The van der Waals surface area contributed by atoms with Crippen LogP contribution in [0.5, 0.6) is 0 Å². The van der Waals surface area contributed by atoms with Crippen molar-refractivity contribution in [2.75, 3.05) is 0 Å². The molecule has 2 aromatic carbocycles. The van der Waals surface area contributed by atoms with Gasteiger partial charge in [0.25, 0.3) is 0 Å². The molecule has 3 aromatic rings. The second-order valence-corrected chi connectivity index (χ2v) is 6.29. The molecule has 0 saturated heterocycles. The summed E-state index contributed by atoms with van der Waals surface area (Å²) in [7, 11) is 0. The van der Waals surface area contributed by atoms with Crippen LogP contribution in [-0.2, 0) is 17.1 Å². The average molecular weight is 399 g/mol. The molecule has 0 radical (unpaired) electrons. The van der Waals surface area contributed by atoms with Crippen molar-refractivity contribution in [2.45, 2.75) is 27.7 Å². The van der Waals surface area contributed by atoms with Gasteiger partial charge in [-0.3, -0.25) is 9.98 Å². The van der Waals surface area contributed by atoms with Gasteiger partial charge in [0.05, 0.1) is 11.4 Å². The number of aryl methyl sites for hydroxylation is 4. The fraction of sp³-hybridized carbons (Fsp3) is 0.174. The molecule has 0 aliphatic rings. The number of hydrogen-bond acceptors (Lipinski definition) is 2. The van der Waals surface area contributed by atoms with E-state index in [9.17, 15) is 0 Å². The van der Waals surface area contributed by atoms with Crippen LogP contribution in [-0.4, -0.2) is 12.4 Å². The van der Waals surface area contributed by atoms with E-state index >= 15 is 0 Å². The van der Waals surface area contributed by atoms with E-state index in [1.165, 1.54) is 22.3 Å². The Morgan fingerprint density at radius 2 is 0.963 bits per heavy atom. The van der Waals surface area contributed by atoms with Gasteiger partial charge in [0.15, 0.2) is 0 Å². The van der Waals surface area contributed by atoms with E-state index in [0.29, 0.717) is 0 Å². The van der Waals surface area contributed by atoms with E-state index in [0.717, 1.165) is 22.8 Å². The van der Waals surface area contributed by atoms with E-state index in [2.05, 4.69) is 66.9 Å². The molecule has 0 saturated carbocycles. The third-order valence-electron chi connectivity index (χ3n) is 4.21. The monoisotopic (exact) mass is 399 g/mol. The first-order valence-electron chi connectivity index (χ1n) is 8.39. The largest absolute Gasteiger partial charge is 2.00 e. The van der Waals surface area contributed by atoms with Crippen LogP contribution in [0.4, 0.5) is 11.4 Å². The zero-order valence-electron chi connectivity index (χ0n) is 16.5. The van der Waals surface area contributed by atoms with Crippen molar-refractivity contribution < 1.29 is 17.1 Å². The maximum atomic E-state index is 4.60. The molecular weight excluding hydrogens is 374 g/mol. The van der Waals surface area contributed by atoms with Crippen molar-refractivity contribution in [1.82, 2.24) is 4.98 Å². The van der Waals surface area contributed by atoms with E-state index in [-0.39, 0.29) is 24.5 Å². The van der Waals surface area contributed by atoms with E-state index in [1.807, 2.05) is 36.7 Å². The molecule has 0 spiro atoms. The minimum Gasteiger partial charge on any atom is -0.655 e. The molecule has 4 heteroatoms. The number of para-hydroxylation sites is 2. The summed E-state index contributed by atoms with van der Waals surface area (Å²) in [5.41, 5.74) is 8.36. The summed E-state index contributed by atoms with van der Waals surface area (Å²) < 4.78 is 0. The van der Waals surface area contributed by atoms with E-state index in [4.69, 9.17) is 0 Å². The SMILES string of the molecule is Cc1cccc(C)c1N=Cc1ccc(C=Nc2c(C)cccc2C)[n-]1.[CH3-].[Fe+2]. The summed E-state index contributed by atoms with van der Waals surface area (Å²) in [5, 5.41) is 0. The summed E-state index contributed by atoms with van der Waals surface area (Å²) in [4.78, 5) is 13.8. The quantitative estimate of drug-likeness (QED) is 0.309. The molecule has 0 atom stereocenters. The molecular formula is C23H25FeN3. The first-order chi connectivity index (χ1) is 12.0. The number of hydrogen-bond donors (Lipinski definition) is 0. The summed E-state index contributed by atoms with van der Waals surface area (Å²) in [6, 6.07) is 16.3. The zero-order valence-corrected chi connectivity index (χ0v) is 17.6. The fourth-order valence-electron chi connectivity index (χ4n) is 2.82. The Morgan fingerprint density at radius 1 is 0.630 bits per heavy atom. The van der Waals surface area contributed by atoms with Crippen molar-refractivity contribution in [3.8, 4) is 0 Å². The van der Waals surface area contributed by atoms with Gasteiger partial charge >= 0.3 is 17.1 Å². The Morgan fingerprint density at radius 3 is 1.30 bits per heavy atom.